The van der Waals surface area contributed by atoms with Crippen LogP contribution in [0.25, 0.3) is 0 Å². The molecule has 1 unspecified atom stereocenters. The molecule has 0 bridgehead atoms. The molecule has 1 N–H and O–H groups in total. The van der Waals surface area contributed by atoms with Gasteiger partial charge in [-0.15, -0.1) is 0 Å². The molecule has 19 heavy (non-hydrogen) atoms. The van der Waals surface area contributed by atoms with E-state index in [4.69, 9.17) is 5.11 Å². The van der Waals surface area contributed by atoms with Gasteiger partial charge in [0.15, 0.2) is 0 Å². The van der Waals surface area contributed by atoms with Gasteiger partial charge in [0.1, 0.15) is 0 Å². The molecule has 0 aliphatic carbocycles. The zero-order chi connectivity index (χ0) is 14.3. The van der Waals surface area contributed by atoms with Crippen molar-refractivity contribution in [3.8, 4) is 0 Å². The van der Waals surface area contributed by atoms with Crippen LogP contribution >= 0.6 is 0 Å². The Morgan fingerprint density at radius 1 is 1.26 bits per heavy atom. The van der Waals surface area contributed by atoms with Crippen LogP contribution in [0.15, 0.2) is 30.3 Å². The fourth-order valence-electron chi connectivity index (χ4n) is 2.39. The van der Waals surface area contributed by atoms with Crippen molar-refractivity contribution in [1.82, 2.24) is 4.90 Å². The summed E-state index contributed by atoms with van der Waals surface area (Å²) in [5.74, 6) is -0.140. The maximum Gasteiger partial charge on any atom is 0.304 e. The summed E-state index contributed by atoms with van der Waals surface area (Å²) >= 11 is 0. The van der Waals surface area contributed by atoms with E-state index in [0.29, 0.717) is 18.5 Å². The first-order chi connectivity index (χ1) is 9.04. The van der Waals surface area contributed by atoms with E-state index in [2.05, 4.69) is 37.8 Å². The molecule has 1 aromatic rings. The van der Waals surface area contributed by atoms with Crippen LogP contribution in [0.5, 0.6) is 0 Å². The average Bonchev–Trinajstić information content (AvgIpc) is 2.38. The Balaban J connectivity index is 2.84. The largest absolute Gasteiger partial charge is 0.481 e. The second-order valence-electron chi connectivity index (χ2n) is 5.33. The van der Waals surface area contributed by atoms with Gasteiger partial charge in [-0.3, -0.25) is 9.69 Å². The number of hydrogen-bond acceptors (Lipinski definition) is 2. The molecule has 0 heterocycles. The molecule has 0 saturated heterocycles. The molecule has 0 aliphatic rings. The van der Waals surface area contributed by atoms with Gasteiger partial charge >= 0.3 is 5.97 Å². The zero-order valence-corrected chi connectivity index (χ0v) is 12.2. The molecule has 0 saturated carbocycles. The highest BCUT2D eigenvalue weighted by Gasteiger charge is 2.20. The summed E-state index contributed by atoms with van der Waals surface area (Å²) in [5, 5.41) is 8.87. The number of hydrogen-bond donors (Lipinski definition) is 1. The second-order valence-corrected chi connectivity index (χ2v) is 5.33. The van der Waals surface area contributed by atoms with Crippen LogP contribution in [-0.4, -0.2) is 29.1 Å². The van der Waals surface area contributed by atoms with Gasteiger partial charge in [-0.1, -0.05) is 51.1 Å². The predicted molar refractivity (Wildman–Crippen MR) is 78.1 cm³/mol. The van der Waals surface area contributed by atoms with Gasteiger partial charge in [-0.25, -0.2) is 0 Å². The fourth-order valence-corrected chi connectivity index (χ4v) is 2.39. The Morgan fingerprint density at radius 2 is 1.89 bits per heavy atom. The van der Waals surface area contributed by atoms with Crippen molar-refractivity contribution >= 4 is 5.97 Å². The summed E-state index contributed by atoms with van der Waals surface area (Å²) in [5.41, 5.74) is 1.28. The van der Waals surface area contributed by atoms with Crippen LogP contribution in [0.2, 0.25) is 0 Å². The van der Waals surface area contributed by atoms with Crippen LogP contribution in [0.3, 0.4) is 0 Å². The number of nitrogens with zero attached hydrogens (tertiary/aromatic N) is 1. The third-order valence-corrected chi connectivity index (χ3v) is 3.34. The molecular weight excluding hydrogens is 238 g/mol. The van der Waals surface area contributed by atoms with Gasteiger partial charge in [0.2, 0.25) is 0 Å². The SMILES string of the molecule is CCN(CCC(=O)O)C(CC(C)C)c1ccccc1. The third-order valence-electron chi connectivity index (χ3n) is 3.34. The van der Waals surface area contributed by atoms with Crippen molar-refractivity contribution < 1.29 is 9.90 Å². The van der Waals surface area contributed by atoms with E-state index < -0.39 is 5.97 Å². The zero-order valence-electron chi connectivity index (χ0n) is 12.2. The second kappa shape index (κ2) is 7.95. The standard InChI is InChI=1S/C16H25NO2/c1-4-17(11-10-16(18)19)15(12-13(2)3)14-8-6-5-7-9-14/h5-9,13,15H,4,10-12H2,1-3H3,(H,18,19). The van der Waals surface area contributed by atoms with Gasteiger partial charge in [-0.2, -0.15) is 0 Å². The minimum Gasteiger partial charge on any atom is -0.481 e. The first-order valence-corrected chi connectivity index (χ1v) is 7.05. The number of carboxylic acid groups (broad SMARTS) is 1. The molecule has 0 spiro atoms. The lowest BCUT2D eigenvalue weighted by Crippen LogP contribution is -2.31. The van der Waals surface area contributed by atoms with Crippen molar-refractivity contribution in [1.29, 1.82) is 0 Å². The Kier molecular flexibility index (Phi) is 6.57. The maximum absolute atomic E-state index is 10.8. The Hall–Kier alpha value is -1.35. The van der Waals surface area contributed by atoms with Crippen molar-refractivity contribution in [2.45, 2.75) is 39.7 Å². The van der Waals surface area contributed by atoms with E-state index in [1.165, 1.54) is 5.56 Å². The third kappa shape index (κ3) is 5.43. The van der Waals surface area contributed by atoms with E-state index in [1.807, 2.05) is 18.2 Å². The summed E-state index contributed by atoms with van der Waals surface area (Å²) in [6.45, 7) is 8.00. The Bertz CT molecular complexity index is 376. The summed E-state index contributed by atoms with van der Waals surface area (Å²) in [7, 11) is 0. The smallest absolute Gasteiger partial charge is 0.304 e. The molecular formula is C16H25NO2. The average molecular weight is 263 g/mol. The highest BCUT2D eigenvalue weighted by Crippen LogP contribution is 2.27. The molecule has 3 heteroatoms. The van der Waals surface area contributed by atoms with Crippen molar-refractivity contribution in [3.05, 3.63) is 35.9 Å². The van der Waals surface area contributed by atoms with Crippen LogP contribution in [0.4, 0.5) is 0 Å². The Labute approximate surface area is 116 Å². The summed E-state index contributed by atoms with van der Waals surface area (Å²) in [6.07, 6.45) is 1.26. The Morgan fingerprint density at radius 3 is 2.37 bits per heavy atom. The van der Waals surface area contributed by atoms with E-state index in [1.54, 1.807) is 0 Å². The summed E-state index contributed by atoms with van der Waals surface area (Å²) in [6, 6.07) is 10.7. The maximum atomic E-state index is 10.8. The lowest BCUT2D eigenvalue weighted by atomic mass is 9.95. The number of rotatable bonds is 8. The first-order valence-electron chi connectivity index (χ1n) is 7.05. The van der Waals surface area contributed by atoms with E-state index >= 15 is 0 Å². The van der Waals surface area contributed by atoms with Crippen molar-refractivity contribution in [3.63, 3.8) is 0 Å². The van der Waals surface area contributed by atoms with Crippen LogP contribution in [0.1, 0.15) is 45.2 Å². The minimum absolute atomic E-state index is 0.204. The van der Waals surface area contributed by atoms with Crippen LogP contribution < -0.4 is 0 Å². The first kappa shape index (κ1) is 15.7. The normalized spacial score (nSPS) is 12.9. The highest BCUT2D eigenvalue weighted by molar-refractivity contribution is 5.66. The monoisotopic (exact) mass is 263 g/mol. The lowest BCUT2D eigenvalue weighted by Gasteiger charge is -2.32. The van der Waals surface area contributed by atoms with Gasteiger partial charge in [-0.05, 0) is 24.4 Å². The molecule has 106 valence electrons. The fraction of sp³-hybridized carbons (Fsp3) is 0.562. The van der Waals surface area contributed by atoms with E-state index in [9.17, 15) is 4.79 Å². The van der Waals surface area contributed by atoms with E-state index in [-0.39, 0.29) is 6.42 Å². The molecule has 0 fully saturated rings. The summed E-state index contributed by atoms with van der Waals surface area (Å²) in [4.78, 5) is 13.0. The summed E-state index contributed by atoms with van der Waals surface area (Å²) < 4.78 is 0. The predicted octanol–water partition coefficient (Wildman–Crippen LogP) is 3.57. The van der Waals surface area contributed by atoms with Crippen molar-refractivity contribution in [2.75, 3.05) is 13.1 Å². The quantitative estimate of drug-likeness (QED) is 0.779. The molecule has 1 atom stereocenters. The molecule has 0 aliphatic heterocycles. The van der Waals surface area contributed by atoms with Gasteiger partial charge in [0.25, 0.3) is 0 Å². The molecule has 1 rings (SSSR count). The molecule has 1 aromatic carbocycles. The molecule has 0 amide bonds. The number of benzene rings is 1. The van der Waals surface area contributed by atoms with Gasteiger partial charge in [0.05, 0.1) is 6.42 Å². The number of carbonyl (C=O) groups is 1. The van der Waals surface area contributed by atoms with E-state index in [0.717, 1.165) is 13.0 Å². The number of carboxylic acids is 1. The topological polar surface area (TPSA) is 40.5 Å². The molecule has 3 nitrogen and oxygen atoms in total. The van der Waals surface area contributed by atoms with Gasteiger partial charge in [0, 0.05) is 12.6 Å². The number of aliphatic carboxylic acids is 1. The van der Waals surface area contributed by atoms with Crippen molar-refractivity contribution in [2.24, 2.45) is 5.92 Å². The molecule has 0 aromatic heterocycles. The van der Waals surface area contributed by atoms with Crippen LogP contribution in [-0.2, 0) is 4.79 Å². The molecule has 0 radical (unpaired) electrons. The highest BCUT2D eigenvalue weighted by atomic mass is 16.4. The minimum atomic E-state index is -0.727. The van der Waals surface area contributed by atoms with Crippen LogP contribution in [0, 0.1) is 5.92 Å². The van der Waals surface area contributed by atoms with Gasteiger partial charge < -0.3 is 5.11 Å². The lowest BCUT2D eigenvalue weighted by molar-refractivity contribution is -0.137.